The van der Waals surface area contributed by atoms with Crippen molar-refractivity contribution in [3.8, 4) is 0 Å². The Balaban J connectivity index is 1.83. The van der Waals surface area contributed by atoms with E-state index in [9.17, 15) is 9.90 Å². The SMILES string of the molecule is O=c1[nH]c2ccccc2nc1CN1CCCC(CO)C1. The molecule has 0 spiro atoms. The molecule has 0 radical (unpaired) electrons. The molecule has 2 aromatic rings. The van der Waals surface area contributed by atoms with Crippen molar-refractivity contribution < 1.29 is 5.11 Å². The summed E-state index contributed by atoms with van der Waals surface area (Å²) in [6.45, 7) is 2.57. The van der Waals surface area contributed by atoms with E-state index >= 15 is 0 Å². The molecule has 0 saturated carbocycles. The average molecular weight is 273 g/mol. The highest BCUT2D eigenvalue weighted by Gasteiger charge is 2.20. The van der Waals surface area contributed by atoms with Crippen molar-refractivity contribution in [1.29, 1.82) is 0 Å². The third-order valence-electron chi connectivity index (χ3n) is 3.90. The molecule has 1 unspecified atom stereocenters. The number of aliphatic hydroxyl groups is 1. The smallest absolute Gasteiger partial charge is 0.271 e. The number of H-pyrrole nitrogens is 1. The number of hydrogen-bond acceptors (Lipinski definition) is 4. The van der Waals surface area contributed by atoms with Gasteiger partial charge in [0.15, 0.2) is 0 Å². The summed E-state index contributed by atoms with van der Waals surface area (Å²) in [6, 6.07) is 7.56. The van der Waals surface area contributed by atoms with Crippen molar-refractivity contribution in [3.63, 3.8) is 0 Å². The minimum absolute atomic E-state index is 0.116. The fourth-order valence-electron chi connectivity index (χ4n) is 2.83. The molecule has 20 heavy (non-hydrogen) atoms. The minimum atomic E-state index is -0.116. The van der Waals surface area contributed by atoms with Crippen LogP contribution in [0, 0.1) is 5.92 Å². The number of piperidine rings is 1. The van der Waals surface area contributed by atoms with Crippen LogP contribution in [-0.4, -0.2) is 39.7 Å². The van der Waals surface area contributed by atoms with Crippen molar-refractivity contribution in [3.05, 3.63) is 40.3 Å². The molecule has 5 heteroatoms. The van der Waals surface area contributed by atoms with E-state index in [0.717, 1.165) is 37.0 Å². The average Bonchev–Trinajstić information content (AvgIpc) is 2.48. The Bertz CT molecular complexity index is 653. The minimum Gasteiger partial charge on any atom is -0.396 e. The van der Waals surface area contributed by atoms with Crippen LogP contribution < -0.4 is 5.56 Å². The van der Waals surface area contributed by atoms with E-state index in [2.05, 4.69) is 14.9 Å². The number of aromatic nitrogens is 2. The van der Waals surface area contributed by atoms with Gasteiger partial charge in [-0.1, -0.05) is 12.1 Å². The molecule has 1 aromatic heterocycles. The van der Waals surface area contributed by atoms with Crippen LogP contribution in [0.5, 0.6) is 0 Å². The van der Waals surface area contributed by atoms with Gasteiger partial charge >= 0.3 is 0 Å². The first-order valence-electron chi connectivity index (χ1n) is 7.07. The molecule has 0 bridgehead atoms. The molecule has 1 aromatic carbocycles. The summed E-state index contributed by atoms with van der Waals surface area (Å²) in [4.78, 5) is 21.6. The summed E-state index contributed by atoms with van der Waals surface area (Å²) in [7, 11) is 0. The van der Waals surface area contributed by atoms with Crippen molar-refractivity contribution >= 4 is 11.0 Å². The van der Waals surface area contributed by atoms with Gasteiger partial charge in [-0.15, -0.1) is 0 Å². The van der Waals surface area contributed by atoms with E-state index in [0.29, 0.717) is 18.2 Å². The maximum atomic E-state index is 12.1. The lowest BCUT2D eigenvalue weighted by atomic mass is 9.99. The van der Waals surface area contributed by atoms with Crippen LogP contribution in [-0.2, 0) is 6.54 Å². The zero-order valence-corrected chi connectivity index (χ0v) is 11.4. The van der Waals surface area contributed by atoms with E-state index < -0.39 is 0 Å². The first-order chi connectivity index (χ1) is 9.76. The lowest BCUT2D eigenvalue weighted by Crippen LogP contribution is -2.38. The normalized spacial score (nSPS) is 20.4. The van der Waals surface area contributed by atoms with Gasteiger partial charge in [-0.05, 0) is 37.4 Å². The molecule has 106 valence electrons. The first kappa shape index (κ1) is 13.3. The highest BCUT2D eigenvalue weighted by atomic mass is 16.3. The van der Waals surface area contributed by atoms with E-state index in [4.69, 9.17) is 0 Å². The Labute approximate surface area is 117 Å². The summed E-state index contributed by atoms with van der Waals surface area (Å²) in [5, 5.41) is 9.26. The molecule has 0 amide bonds. The number of hydrogen-bond donors (Lipinski definition) is 2. The van der Waals surface area contributed by atoms with Crippen LogP contribution in [0.25, 0.3) is 11.0 Å². The maximum absolute atomic E-state index is 12.1. The summed E-state index contributed by atoms with van der Waals surface area (Å²) in [5.41, 5.74) is 2.03. The van der Waals surface area contributed by atoms with Crippen LogP contribution in [0.1, 0.15) is 18.5 Å². The fraction of sp³-hybridized carbons (Fsp3) is 0.467. The zero-order chi connectivity index (χ0) is 13.9. The van der Waals surface area contributed by atoms with E-state index in [1.165, 1.54) is 0 Å². The Morgan fingerprint density at radius 3 is 3.10 bits per heavy atom. The quantitative estimate of drug-likeness (QED) is 0.879. The highest BCUT2D eigenvalue weighted by molar-refractivity contribution is 5.73. The molecule has 3 rings (SSSR count). The standard InChI is InChI=1S/C15H19N3O2/c19-10-11-4-3-7-18(8-11)9-14-15(20)17-13-6-2-1-5-12(13)16-14/h1-2,5-6,11,19H,3-4,7-10H2,(H,17,20). The number of fused-ring (bicyclic) bond motifs is 1. The summed E-state index contributed by atoms with van der Waals surface area (Å²) < 4.78 is 0. The second kappa shape index (κ2) is 5.73. The van der Waals surface area contributed by atoms with Crippen LogP contribution in [0.3, 0.4) is 0 Å². The molecule has 1 fully saturated rings. The van der Waals surface area contributed by atoms with Crippen LogP contribution in [0.15, 0.2) is 29.1 Å². The van der Waals surface area contributed by atoms with Crippen molar-refractivity contribution in [1.82, 2.24) is 14.9 Å². The molecule has 1 aliphatic rings. The number of benzene rings is 1. The Morgan fingerprint density at radius 1 is 1.40 bits per heavy atom. The topological polar surface area (TPSA) is 69.2 Å². The number of likely N-dealkylation sites (tertiary alicyclic amines) is 1. The number of aliphatic hydroxyl groups excluding tert-OH is 1. The fourth-order valence-corrected chi connectivity index (χ4v) is 2.83. The molecule has 5 nitrogen and oxygen atoms in total. The van der Waals surface area contributed by atoms with E-state index in [1.807, 2.05) is 24.3 Å². The van der Waals surface area contributed by atoms with Gasteiger partial charge in [0.25, 0.3) is 5.56 Å². The molecule has 2 heterocycles. The number of nitrogens with one attached hydrogen (secondary N) is 1. The third kappa shape index (κ3) is 2.73. The molecule has 0 aliphatic carbocycles. The number of nitrogens with zero attached hydrogens (tertiary/aromatic N) is 2. The monoisotopic (exact) mass is 273 g/mol. The third-order valence-corrected chi connectivity index (χ3v) is 3.90. The lowest BCUT2D eigenvalue weighted by Gasteiger charge is -2.31. The van der Waals surface area contributed by atoms with Gasteiger partial charge in [0.05, 0.1) is 11.0 Å². The largest absolute Gasteiger partial charge is 0.396 e. The second-order valence-electron chi connectivity index (χ2n) is 5.46. The van der Waals surface area contributed by atoms with Gasteiger partial charge in [-0.3, -0.25) is 9.69 Å². The van der Waals surface area contributed by atoms with Gasteiger partial charge in [0, 0.05) is 19.7 Å². The van der Waals surface area contributed by atoms with Gasteiger partial charge in [-0.25, -0.2) is 4.98 Å². The van der Waals surface area contributed by atoms with Crippen molar-refractivity contribution in [2.45, 2.75) is 19.4 Å². The number of aromatic amines is 1. The zero-order valence-electron chi connectivity index (χ0n) is 11.4. The number of rotatable bonds is 3. The van der Waals surface area contributed by atoms with Crippen LogP contribution in [0.2, 0.25) is 0 Å². The molecule has 1 saturated heterocycles. The van der Waals surface area contributed by atoms with E-state index in [1.54, 1.807) is 0 Å². The van der Waals surface area contributed by atoms with E-state index in [-0.39, 0.29) is 12.2 Å². The van der Waals surface area contributed by atoms with Crippen molar-refractivity contribution in [2.75, 3.05) is 19.7 Å². The molecular formula is C15H19N3O2. The Morgan fingerprint density at radius 2 is 2.25 bits per heavy atom. The maximum Gasteiger partial charge on any atom is 0.271 e. The molecule has 1 aliphatic heterocycles. The number of para-hydroxylation sites is 2. The van der Waals surface area contributed by atoms with Gasteiger partial charge in [0.2, 0.25) is 0 Å². The second-order valence-corrected chi connectivity index (χ2v) is 5.46. The lowest BCUT2D eigenvalue weighted by molar-refractivity contribution is 0.114. The summed E-state index contributed by atoms with van der Waals surface area (Å²) in [6.07, 6.45) is 2.13. The summed E-state index contributed by atoms with van der Waals surface area (Å²) >= 11 is 0. The van der Waals surface area contributed by atoms with Gasteiger partial charge in [-0.2, -0.15) is 0 Å². The molecule has 1 atom stereocenters. The van der Waals surface area contributed by atoms with Crippen LogP contribution >= 0.6 is 0 Å². The van der Waals surface area contributed by atoms with Crippen LogP contribution in [0.4, 0.5) is 0 Å². The van der Waals surface area contributed by atoms with Gasteiger partial charge in [0.1, 0.15) is 5.69 Å². The predicted molar refractivity (Wildman–Crippen MR) is 77.5 cm³/mol. The Hall–Kier alpha value is -1.72. The summed E-state index contributed by atoms with van der Waals surface area (Å²) in [5.74, 6) is 0.322. The molecule has 2 N–H and O–H groups in total. The molecular weight excluding hydrogens is 254 g/mol. The Kier molecular flexibility index (Phi) is 3.80. The highest BCUT2D eigenvalue weighted by Crippen LogP contribution is 2.17. The first-order valence-corrected chi connectivity index (χ1v) is 7.07. The predicted octanol–water partition coefficient (Wildman–Crippen LogP) is 1.13. The van der Waals surface area contributed by atoms with Gasteiger partial charge < -0.3 is 10.1 Å². The van der Waals surface area contributed by atoms with Crippen molar-refractivity contribution in [2.24, 2.45) is 5.92 Å².